The summed E-state index contributed by atoms with van der Waals surface area (Å²) < 4.78 is 0. The smallest absolute Gasteiger partial charge is 0.258 e. The lowest BCUT2D eigenvalue weighted by Crippen LogP contribution is -2.28. The van der Waals surface area contributed by atoms with Gasteiger partial charge in [-0.05, 0) is 74.0 Å². The first-order valence-corrected chi connectivity index (χ1v) is 12.1. The number of anilines is 2. The number of aromatic nitrogens is 1. The molecule has 0 saturated carbocycles. The normalized spacial score (nSPS) is 14.2. The SMILES string of the molecule is N#Cc1ccccc1Nc1ccc2c(=O)[nH]c(O)c(C=Nc3ccc(CN4CCCCC4)cc3)c2c1. The molecular weight excluding hydrogens is 450 g/mol. The largest absolute Gasteiger partial charge is 0.494 e. The van der Waals surface area contributed by atoms with Crippen molar-refractivity contribution in [3.05, 3.63) is 93.8 Å². The van der Waals surface area contributed by atoms with Crippen LogP contribution in [-0.4, -0.2) is 34.3 Å². The fourth-order valence-electron chi connectivity index (χ4n) is 4.59. The Labute approximate surface area is 209 Å². The first-order chi connectivity index (χ1) is 17.6. The number of benzene rings is 3. The van der Waals surface area contributed by atoms with E-state index in [0.717, 1.165) is 25.3 Å². The van der Waals surface area contributed by atoms with E-state index in [4.69, 9.17) is 0 Å². The molecule has 0 aliphatic carbocycles. The third-order valence-corrected chi connectivity index (χ3v) is 6.50. The van der Waals surface area contributed by atoms with Gasteiger partial charge in [0.15, 0.2) is 0 Å². The molecule has 7 nitrogen and oxygen atoms in total. The van der Waals surface area contributed by atoms with Crippen molar-refractivity contribution < 1.29 is 5.11 Å². The standard InChI is InChI=1S/C29H27N5O2/c30-17-21-6-2-3-7-27(21)32-23-12-13-24-25(16-23)26(29(36)33-28(24)35)18-31-22-10-8-20(9-11-22)19-34-14-4-1-5-15-34/h2-3,6-13,16,18,32H,1,4-5,14-15,19H2,(H2,33,35,36). The number of nitriles is 1. The summed E-state index contributed by atoms with van der Waals surface area (Å²) in [6.07, 6.45) is 5.42. The van der Waals surface area contributed by atoms with Crippen LogP contribution >= 0.6 is 0 Å². The second kappa shape index (κ2) is 10.5. The fraction of sp³-hybridized carbons (Fsp3) is 0.207. The number of aromatic hydroxyl groups is 1. The van der Waals surface area contributed by atoms with Gasteiger partial charge in [0.25, 0.3) is 5.56 Å². The fourth-order valence-corrected chi connectivity index (χ4v) is 4.59. The van der Waals surface area contributed by atoms with Gasteiger partial charge in [-0.15, -0.1) is 0 Å². The molecule has 0 spiro atoms. The second-order valence-electron chi connectivity index (χ2n) is 9.02. The number of pyridine rings is 1. The summed E-state index contributed by atoms with van der Waals surface area (Å²) in [5.74, 6) is -0.243. The number of rotatable bonds is 6. The number of fused-ring (bicyclic) bond motifs is 1. The number of para-hydroxylation sites is 1. The number of aliphatic imine (C=N–C) groups is 1. The van der Waals surface area contributed by atoms with Crippen molar-refractivity contribution in [1.82, 2.24) is 9.88 Å². The number of hydrogen-bond acceptors (Lipinski definition) is 6. The lowest BCUT2D eigenvalue weighted by molar-refractivity contribution is 0.221. The van der Waals surface area contributed by atoms with Crippen molar-refractivity contribution in [2.75, 3.05) is 18.4 Å². The number of H-pyrrole nitrogens is 1. The van der Waals surface area contributed by atoms with Gasteiger partial charge < -0.3 is 10.4 Å². The van der Waals surface area contributed by atoms with E-state index in [1.165, 1.54) is 24.8 Å². The van der Waals surface area contributed by atoms with Gasteiger partial charge in [0, 0.05) is 29.2 Å². The van der Waals surface area contributed by atoms with Crippen LogP contribution < -0.4 is 10.9 Å². The molecule has 1 aromatic heterocycles. The highest BCUT2D eigenvalue weighted by Crippen LogP contribution is 2.27. The summed E-state index contributed by atoms with van der Waals surface area (Å²) in [6.45, 7) is 3.24. The monoisotopic (exact) mass is 477 g/mol. The molecule has 1 aliphatic rings. The Morgan fingerprint density at radius 1 is 1.03 bits per heavy atom. The Hall–Kier alpha value is -4.41. The van der Waals surface area contributed by atoms with Gasteiger partial charge in [-0.3, -0.25) is 19.7 Å². The summed E-state index contributed by atoms with van der Waals surface area (Å²) in [4.78, 5) is 22.0. The molecule has 3 aromatic carbocycles. The highest BCUT2D eigenvalue weighted by atomic mass is 16.3. The average molecular weight is 478 g/mol. The van der Waals surface area contributed by atoms with Gasteiger partial charge in [-0.1, -0.05) is 30.7 Å². The van der Waals surface area contributed by atoms with Gasteiger partial charge in [0.2, 0.25) is 5.88 Å². The van der Waals surface area contributed by atoms with Crippen LogP contribution in [0.4, 0.5) is 17.1 Å². The lowest BCUT2D eigenvalue weighted by atomic mass is 10.1. The number of hydrogen-bond donors (Lipinski definition) is 3. The molecule has 0 bridgehead atoms. The predicted octanol–water partition coefficient (Wildman–Crippen LogP) is 5.59. The zero-order valence-electron chi connectivity index (χ0n) is 19.9. The van der Waals surface area contributed by atoms with Crippen LogP contribution in [0.5, 0.6) is 5.88 Å². The van der Waals surface area contributed by atoms with E-state index in [1.807, 2.05) is 24.3 Å². The van der Waals surface area contributed by atoms with Crippen LogP contribution in [0, 0.1) is 11.3 Å². The van der Waals surface area contributed by atoms with E-state index < -0.39 is 0 Å². The van der Waals surface area contributed by atoms with E-state index in [1.54, 1.807) is 36.5 Å². The zero-order chi connectivity index (χ0) is 24.9. The molecule has 2 heterocycles. The molecule has 1 aliphatic heterocycles. The molecule has 0 unspecified atom stereocenters. The second-order valence-corrected chi connectivity index (χ2v) is 9.02. The minimum Gasteiger partial charge on any atom is -0.494 e. The van der Waals surface area contributed by atoms with E-state index in [-0.39, 0.29) is 11.4 Å². The summed E-state index contributed by atoms with van der Waals surface area (Å²) in [6, 6.07) is 22.7. The Morgan fingerprint density at radius 2 is 1.81 bits per heavy atom. The summed E-state index contributed by atoms with van der Waals surface area (Å²) in [5, 5.41) is 24.1. The number of likely N-dealkylation sites (tertiary alicyclic amines) is 1. The molecule has 36 heavy (non-hydrogen) atoms. The van der Waals surface area contributed by atoms with Gasteiger partial charge in [0.1, 0.15) is 6.07 Å². The molecule has 4 aromatic rings. The maximum absolute atomic E-state index is 12.5. The van der Waals surface area contributed by atoms with Crippen molar-refractivity contribution in [3.63, 3.8) is 0 Å². The van der Waals surface area contributed by atoms with E-state index in [0.29, 0.717) is 33.3 Å². The zero-order valence-corrected chi connectivity index (χ0v) is 19.9. The van der Waals surface area contributed by atoms with Gasteiger partial charge in [-0.2, -0.15) is 5.26 Å². The van der Waals surface area contributed by atoms with Crippen LogP contribution in [0.25, 0.3) is 10.8 Å². The van der Waals surface area contributed by atoms with Crippen LogP contribution in [0.15, 0.2) is 76.5 Å². The summed E-state index contributed by atoms with van der Waals surface area (Å²) in [7, 11) is 0. The van der Waals surface area contributed by atoms with Gasteiger partial charge >= 0.3 is 0 Å². The average Bonchev–Trinajstić information content (AvgIpc) is 2.90. The van der Waals surface area contributed by atoms with Crippen molar-refractivity contribution in [2.24, 2.45) is 4.99 Å². The van der Waals surface area contributed by atoms with Crippen molar-refractivity contribution in [3.8, 4) is 11.9 Å². The number of aromatic amines is 1. The quantitative estimate of drug-likeness (QED) is 0.314. The first kappa shape index (κ1) is 23.3. The topological polar surface area (TPSA) is 105 Å². The number of piperidine rings is 1. The minimum absolute atomic E-state index is 0.243. The molecule has 180 valence electrons. The van der Waals surface area contributed by atoms with Crippen LogP contribution in [0.1, 0.15) is 36.0 Å². The summed E-state index contributed by atoms with van der Waals surface area (Å²) in [5.41, 5.74) is 3.90. The minimum atomic E-state index is -0.384. The Balaban J connectivity index is 1.42. The van der Waals surface area contributed by atoms with Gasteiger partial charge in [-0.25, -0.2) is 0 Å². The molecular formula is C29H27N5O2. The molecule has 5 rings (SSSR count). The van der Waals surface area contributed by atoms with Crippen molar-refractivity contribution >= 4 is 34.0 Å². The number of nitrogens with one attached hydrogen (secondary N) is 2. The van der Waals surface area contributed by atoms with Crippen LogP contribution in [0.2, 0.25) is 0 Å². The van der Waals surface area contributed by atoms with Crippen molar-refractivity contribution in [2.45, 2.75) is 25.8 Å². The highest BCUT2D eigenvalue weighted by molar-refractivity contribution is 6.03. The molecule has 1 fully saturated rings. The maximum atomic E-state index is 12.5. The van der Waals surface area contributed by atoms with Crippen LogP contribution in [-0.2, 0) is 6.54 Å². The maximum Gasteiger partial charge on any atom is 0.258 e. The Kier molecular flexibility index (Phi) is 6.78. The van der Waals surface area contributed by atoms with E-state index >= 15 is 0 Å². The molecule has 7 heteroatoms. The summed E-state index contributed by atoms with van der Waals surface area (Å²) >= 11 is 0. The van der Waals surface area contributed by atoms with Crippen molar-refractivity contribution in [1.29, 1.82) is 5.26 Å². The molecule has 0 atom stereocenters. The Bertz CT molecular complexity index is 1510. The molecule has 0 amide bonds. The first-order valence-electron chi connectivity index (χ1n) is 12.1. The third kappa shape index (κ3) is 5.14. The molecule has 1 saturated heterocycles. The number of nitrogens with zero attached hydrogens (tertiary/aromatic N) is 3. The third-order valence-electron chi connectivity index (χ3n) is 6.50. The molecule has 3 N–H and O–H groups in total. The van der Waals surface area contributed by atoms with E-state index in [2.05, 4.69) is 38.4 Å². The lowest BCUT2D eigenvalue weighted by Gasteiger charge is -2.26. The van der Waals surface area contributed by atoms with Crippen LogP contribution in [0.3, 0.4) is 0 Å². The predicted molar refractivity (Wildman–Crippen MR) is 143 cm³/mol. The highest BCUT2D eigenvalue weighted by Gasteiger charge is 2.12. The Morgan fingerprint density at radius 3 is 2.58 bits per heavy atom. The van der Waals surface area contributed by atoms with Gasteiger partial charge in [0.05, 0.1) is 22.5 Å². The molecule has 0 radical (unpaired) electrons. The van der Waals surface area contributed by atoms with E-state index in [9.17, 15) is 15.2 Å².